The maximum absolute atomic E-state index is 2.68. The topological polar surface area (TPSA) is 3.24 Å². The predicted molar refractivity (Wildman–Crippen MR) is 95.7 cm³/mol. The van der Waals surface area contributed by atoms with Crippen LogP contribution in [0.4, 0.5) is 0 Å². The van der Waals surface area contributed by atoms with Crippen molar-refractivity contribution < 1.29 is 0 Å². The lowest BCUT2D eigenvalue weighted by Gasteiger charge is -2.23. The summed E-state index contributed by atoms with van der Waals surface area (Å²) in [4.78, 5) is 2.68. The fraction of sp³-hybridized carbons (Fsp3) is 1.00. The van der Waals surface area contributed by atoms with Crippen molar-refractivity contribution in [1.82, 2.24) is 4.90 Å². The zero-order valence-corrected chi connectivity index (χ0v) is 15.5. The van der Waals surface area contributed by atoms with Gasteiger partial charge >= 0.3 is 0 Å². The predicted octanol–water partition coefficient (Wildman–Crippen LogP) is 5.99. The Labute approximate surface area is 134 Å². The van der Waals surface area contributed by atoms with Crippen LogP contribution in [-0.2, 0) is 0 Å². The molecule has 1 fully saturated rings. The third kappa shape index (κ3) is 7.68. The second kappa shape index (κ2) is 10.6. The summed E-state index contributed by atoms with van der Waals surface area (Å²) in [6, 6.07) is 0. The van der Waals surface area contributed by atoms with E-state index >= 15 is 0 Å². The molecule has 4 unspecified atom stereocenters. The van der Waals surface area contributed by atoms with Gasteiger partial charge in [-0.3, -0.25) is 0 Å². The van der Waals surface area contributed by atoms with Gasteiger partial charge in [-0.05, 0) is 62.6 Å². The van der Waals surface area contributed by atoms with E-state index in [0.29, 0.717) is 0 Å². The molecule has 0 N–H and O–H groups in total. The van der Waals surface area contributed by atoms with Crippen molar-refractivity contribution in [3.05, 3.63) is 0 Å². The lowest BCUT2D eigenvalue weighted by Crippen LogP contribution is -2.26. The third-order valence-corrected chi connectivity index (χ3v) is 5.91. The molecule has 126 valence electrons. The minimum Gasteiger partial charge on any atom is -0.304 e. The molecule has 0 radical (unpaired) electrons. The normalized spacial score (nSPS) is 24.3. The smallest absolute Gasteiger partial charge is 0.00161 e. The first-order valence-electron chi connectivity index (χ1n) is 9.84. The highest BCUT2D eigenvalue weighted by Crippen LogP contribution is 2.40. The molecule has 1 heteroatoms. The molecule has 0 heterocycles. The SMILES string of the molecule is CCCC(CC)C(C)CCCCN(CC)CCC1CC1C. The molecule has 0 amide bonds. The molecule has 0 aromatic rings. The van der Waals surface area contributed by atoms with Gasteiger partial charge in [-0.1, -0.05) is 66.7 Å². The van der Waals surface area contributed by atoms with Gasteiger partial charge in [0.05, 0.1) is 0 Å². The number of hydrogen-bond donors (Lipinski definition) is 0. The van der Waals surface area contributed by atoms with Crippen LogP contribution in [-0.4, -0.2) is 24.5 Å². The van der Waals surface area contributed by atoms with Crippen molar-refractivity contribution >= 4 is 0 Å². The van der Waals surface area contributed by atoms with Crippen molar-refractivity contribution in [3.63, 3.8) is 0 Å². The first-order valence-corrected chi connectivity index (χ1v) is 9.84. The molecular formula is C20H41N. The molecule has 0 aromatic carbocycles. The van der Waals surface area contributed by atoms with Gasteiger partial charge in [-0.25, -0.2) is 0 Å². The van der Waals surface area contributed by atoms with Crippen LogP contribution in [0.2, 0.25) is 0 Å². The maximum Gasteiger partial charge on any atom is -0.00161 e. The Balaban J connectivity index is 2.07. The first kappa shape index (κ1) is 19.0. The zero-order chi connectivity index (χ0) is 15.7. The Morgan fingerprint density at radius 3 is 2.29 bits per heavy atom. The van der Waals surface area contributed by atoms with E-state index in [1.165, 1.54) is 71.0 Å². The number of nitrogens with zero attached hydrogens (tertiary/aromatic N) is 1. The fourth-order valence-corrected chi connectivity index (χ4v) is 3.88. The van der Waals surface area contributed by atoms with Gasteiger partial charge in [-0.15, -0.1) is 0 Å². The highest BCUT2D eigenvalue weighted by molar-refractivity contribution is 4.82. The zero-order valence-electron chi connectivity index (χ0n) is 15.5. The van der Waals surface area contributed by atoms with Gasteiger partial charge in [0.15, 0.2) is 0 Å². The molecule has 0 spiro atoms. The van der Waals surface area contributed by atoms with Crippen molar-refractivity contribution in [2.75, 3.05) is 19.6 Å². The summed E-state index contributed by atoms with van der Waals surface area (Å²) in [5, 5.41) is 0. The van der Waals surface area contributed by atoms with E-state index in [1.807, 2.05) is 0 Å². The summed E-state index contributed by atoms with van der Waals surface area (Å²) in [5.41, 5.74) is 0. The Kier molecular flexibility index (Phi) is 9.64. The number of hydrogen-bond acceptors (Lipinski definition) is 1. The highest BCUT2D eigenvalue weighted by Gasteiger charge is 2.31. The summed E-state index contributed by atoms with van der Waals surface area (Å²) in [7, 11) is 0. The fourth-order valence-electron chi connectivity index (χ4n) is 3.88. The summed E-state index contributed by atoms with van der Waals surface area (Å²) < 4.78 is 0. The standard InChI is InChI=1S/C20H41N/c1-6-11-19(7-2)17(4)12-9-10-14-21(8-3)15-13-20-16-18(20)5/h17-20H,6-16H2,1-5H3. The summed E-state index contributed by atoms with van der Waals surface area (Å²) in [5.74, 6) is 3.97. The Hall–Kier alpha value is -0.0400. The monoisotopic (exact) mass is 295 g/mol. The van der Waals surface area contributed by atoms with Crippen molar-refractivity contribution in [2.45, 2.75) is 86.0 Å². The van der Waals surface area contributed by atoms with Crippen molar-refractivity contribution in [2.24, 2.45) is 23.7 Å². The van der Waals surface area contributed by atoms with Crippen LogP contribution in [0.3, 0.4) is 0 Å². The molecular weight excluding hydrogens is 254 g/mol. The maximum atomic E-state index is 2.68. The lowest BCUT2D eigenvalue weighted by atomic mass is 9.84. The van der Waals surface area contributed by atoms with Gasteiger partial charge in [0, 0.05) is 0 Å². The van der Waals surface area contributed by atoms with E-state index < -0.39 is 0 Å². The van der Waals surface area contributed by atoms with Crippen LogP contribution < -0.4 is 0 Å². The Bertz CT molecular complexity index is 250. The van der Waals surface area contributed by atoms with Crippen molar-refractivity contribution in [3.8, 4) is 0 Å². The molecule has 1 saturated carbocycles. The van der Waals surface area contributed by atoms with Gasteiger partial charge in [-0.2, -0.15) is 0 Å². The number of unbranched alkanes of at least 4 members (excludes halogenated alkanes) is 1. The Morgan fingerprint density at radius 1 is 1.05 bits per heavy atom. The van der Waals surface area contributed by atoms with Crippen LogP contribution in [0.15, 0.2) is 0 Å². The van der Waals surface area contributed by atoms with Crippen molar-refractivity contribution in [1.29, 1.82) is 0 Å². The molecule has 0 aliphatic heterocycles. The summed E-state index contributed by atoms with van der Waals surface area (Å²) >= 11 is 0. The highest BCUT2D eigenvalue weighted by atomic mass is 15.1. The first-order chi connectivity index (χ1) is 10.1. The molecule has 0 bridgehead atoms. The average molecular weight is 296 g/mol. The third-order valence-electron chi connectivity index (χ3n) is 5.91. The molecule has 0 aromatic heterocycles. The van der Waals surface area contributed by atoms with Crippen LogP contribution >= 0.6 is 0 Å². The molecule has 0 saturated heterocycles. The van der Waals surface area contributed by atoms with Gasteiger partial charge in [0.25, 0.3) is 0 Å². The summed E-state index contributed by atoms with van der Waals surface area (Å²) in [6.45, 7) is 15.8. The van der Waals surface area contributed by atoms with E-state index in [2.05, 4.69) is 39.5 Å². The quantitative estimate of drug-likeness (QED) is 0.377. The molecule has 4 atom stereocenters. The molecule has 1 rings (SSSR count). The van der Waals surface area contributed by atoms with E-state index in [4.69, 9.17) is 0 Å². The average Bonchev–Trinajstić information content (AvgIpc) is 3.19. The van der Waals surface area contributed by atoms with Gasteiger partial charge < -0.3 is 4.90 Å². The second-order valence-corrected chi connectivity index (χ2v) is 7.63. The van der Waals surface area contributed by atoms with E-state index in [-0.39, 0.29) is 0 Å². The molecule has 1 aliphatic carbocycles. The minimum absolute atomic E-state index is 0.928. The van der Waals surface area contributed by atoms with Crippen LogP contribution in [0.25, 0.3) is 0 Å². The summed E-state index contributed by atoms with van der Waals surface area (Å²) in [6.07, 6.45) is 11.4. The van der Waals surface area contributed by atoms with Crippen LogP contribution in [0, 0.1) is 23.7 Å². The second-order valence-electron chi connectivity index (χ2n) is 7.63. The molecule has 1 nitrogen and oxygen atoms in total. The molecule has 21 heavy (non-hydrogen) atoms. The number of rotatable bonds is 13. The van der Waals surface area contributed by atoms with E-state index in [9.17, 15) is 0 Å². The minimum atomic E-state index is 0.928. The van der Waals surface area contributed by atoms with E-state index in [0.717, 1.165) is 23.7 Å². The van der Waals surface area contributed by atoms with Gasteiger partial charge in [0.2, 0.25) is 0 Å². The van der Waals surface area contributed by atoms with Gasteiger partial charge in [0.1, 0.15) is 0 Å². The van der Waals surface area contributed by atoms with E-state index in [1.54, 1.807) is 0 Å². The molecule has 1 aliphatic rings. The van der Waals surface area contributed by atoms with Crippen LogP contribution in [0.5, 0.6) is 0 Å². The lowest BCUT2D eigenvalue weighted by molar-refractivity contribution is 0.256. The Morgan fingerprint density at radius 2 is 1.76 bits per heavy atom. The van der Waals surface area contributed by atoms with Crippen LogP contribution in [0.1, 0.15) is 86.0 Å². The largest absolute Gasteiger partial charge is 0.304 e.